The molecule has 0 aliphatic heterocycles. The summed E-state index contributed by atoms with van der Waals surface area (Å²) in [4.78, 5) is 45.3. The van der Waals surface area contributed by atoms with Gasteiger partial charge in [0, 0.05) is 48.9 Å². The summed E-state index contributed by atoms with van der Waals surface area (Å²) in [5.41, 5.74) is 1.50. The van der Waals surface area contributed by atoms with Crippen molar-refractivity contribution < 1.29 is 14.0 Å². The average Bonchev–Trinajstić information content (AvgIpc) is 3.31. The van der Waals surface area contributed by atoms with Gasteiger partial charge in [0.1, 0.15) is 5.82 Å². The highest BCUT2D eigenvalue weighted by Crippen LogP contribution is 2.25. The molecule has 2 heterocycles. The largest absolute Gasteiger partial charge is 0.351 e. The lowest BCUT2D eigenvalue weighted by molar-refractivity contribution is -0.132. The Kier molecular flexibility index (Phi) is 10.2. The van der Waals surface area contributed by atoms with Crippen LogP contribution in [0.15, 0.2) is 47.5 Å². The van der Waals surface area contributed by atoms with Crippen molar-refractivity contribution in [1.29, 1.82) is 0 Å². The molecule has 2 N–H and O–H groups in total. The van der Waals surface area contributed by atoms with E-state index < -0.39 is 0 Å². The number of halogens is 2. The van der Waals surface area contributed by atoms with Gasteiger partial charge in [0.05, 0.1) is 17.1 Å². The molecule has 1 aromatic carbocycles. The molecule has 0 radical (unpaired) electrons. The van der Waals surface area contributed by atoms with Gasteiger partial charge >= 0.3 is 5.69 Å². The Morgan fingerprint density at radius 3 is 2.50 bits per heavy atom. The van der Waals surface area contributed by atoms with E-state index in [1.165, 1.54) is 16.7 Å². The second-order valence-electron chi connectivity index (χ2n) is 10.5. The van der Waals surface area contributed by atoms with Crippen LogP contribution in [0.1, 0.15) is 58.4 Å². The van der Waals surface area contributed by atoms with Gasteiger partial charge < -0.3 is 10.6 Å². The number of Topliss-reactive ketones (excluding diaryl/α,β-unsaturated/α-hetero) is 1. The zero-order valence-electron chi connectivity index (χ0n) is 22.9. The number of aldehydes is 1. The Hall–Kier alpha value is -3.37. The number of nitrogens with zero attached hydrogens (tertiary/aromatic N) is 4. The number of benzene rings is 1. The smallest absolute Gasteiger partial charge is 0.333 e. The molecule has 9 nitrogen and oxygen atoms in total. The first-order valence-corrected chi connectivity index (χ1v) is 14.3. The van der Waals surface area contributed by atoms with Crippen molar-refractivity contribution in [2.24, 2.45) is 5.92 Å². The first-order chi connectivity index (χ1) is 19.3. The minimum Gasteiger partial charge on any atom is -0.351 e. The van der Waals surface area contributed by atoms with Crippen LogP contribution in [0, 0.1) is 11.7 Å². The zero-order valence-corrected chi connectivity index (χ0v) is 23.6. The maximum absolute atomic E-state index is 13.6. The van der Waals surface area contributed by atoms with Crippen molar-refractivity contribution in [2.75, 3.05) is 17.7 Å². The first-order valence-electron chi connectivity index (χ1n) is 13.8. The summed E-state index contributed by atoms with van der Waals surface area (Å²) >= 11 is 5.76. The summed E-state index contributed by atoms with van der Waals surface area (Å²) in [6, 6.07) is 7.95. The van der Waals surface area contributed by atoms with Gasteiger partial charge in [-0.25, -0.2) is 19.2 Å². The molecular formula is C29H36ClFN6O3. The number of hydrogen-bond acceptors (Lipinski definition) is 7. The molecule has 2 aromatic heterocycles. The van der Waals surface area contributed by atoms with Crippen LogP contribution in [0.2, 0.25) is 0 Å². The number of rotatable bonds is 13. The van der Waals surface area contributed by atoms with Crippen LogP contribution in [0.25, 0.3) is 17.1 Å². The van der Waals surface area contributed by atoms with E-state index in [1.807, 2.05) is 13.8 Å². The number of nitrogens with one attached hydrogen (secondary N) is 2. The molecule has 0 saturated heterocycles. The third-order valence-electron chi connectivity index (χ3n) is 7.39. The molecule has 0 amide bonds. The third-order valence-corrected chi connectivity index (χ3v) is 7.66. The van der Waals surface area contributed by atoms with Crippen molar-refractivity contribution in [2.45, 2.75) is 70.5 Å². The monoisotopic (exact) mass is 570 g/mol. The summed E-state index contributed by atoms with van der Waals surface area (Å²) in [6.45, 7) is 4.34. The Balaban J connectivity index is 1.43. The topological polar surface area (TPSA) is 111 Å². The lowest BCUT2D eigenvalue weighted by Gasteiger charge is -2.30. The summed E-state index contributed by atoms with van der Waals surface area (Å²) < 4.78 is 16.7. The third kappa shape index (κ3) is 7.22. The predicted molar refractivity (Wildman–Crippen MR) is 154 cm³/mol. The molecule has 214 valence electrons. The fourth-order valence-corrected chi connectivity index (χ4v) is 5.28. The van der Waals surface area contributed by atoms with Crippen molar-refractivity contribution >= 4 is 29.6 Å². The van der Waals surface area contributed by atoms with Gasteiger partial charge in [-0.2, -0.15) is 0 Å². The van der Waals surface area contributed by atoms with Gasteiger partial charge in [-0.15, -0.1) is 11.6 Å². The average molecular weight is 571 g/mol. The van der Waals surface area contributed by atoms with E-state index in [9.17, 15) is 18.8 Å². The Morgan fingerprint density at radius 2 is 1.85 bits per heavy atom. The molecule has 1 unspecified atom stereocenters. The summed E-state index contributed by atoms with van der Waals surface area (Å²) in [6.07, 6.45) is 8.76. The summed E-state index contributed by atoms with van der Waals surface area (Å²) in [5, 5.41) is 6.90. The molecule has 1 aliphatic carbocycles. The molecule has 0 spiro atoms. The van der Waals surface area contributed by atoms with E-state index in [2.05, 4.69) is 15.6 Å². The highest BCUT2D eigenvalue weighted by atomic mass is 35.5. The van der Waals surface area contributed by atoms with Crippen LogP contribution >= 0.6 is 11.6 Å². The fraction of sp³-hybridized carbons (Fsp3) is 0.483. The Bertz CT molecular complexity index is 1350. The number of hydrogen-bond donors (Lipinski definition) is 2. The Labute approximate surface area is 238 Å². The SMILES string of the molecule is CC(C)n1cc(-c2ccnc(NC3CCC(NCC(CCCCl)C(=O)C=O)CC3)n2)n(-c2ccc(F)cc2)c1=O. The van der Waals surface area contributed by atoms with E-state index in [-0.39, 0.29) is 41.3 Å². The number of carbonyl (C=O) groups excluding carboxylic acids is 2. The van der Waals surface area contributed by atoms with E-state index >= 15 is 0 Å². The standard InChI is InChI=1S/C29H36ClFN6O3/c1-19(2)36-17-26(37(29(36)40)24-11-5-21(31)6-12-24)25-13-15-32-28(35-25)34-23-9-7-22(8-10-23)33-16-20(4-3-14-30)27(39)18-38/h5-6,11-13,15,17-20,22-23,33H,3-4,7-10,14,16H2,1-2H3,(H,32,34,35). The van der Waals surface area contributed by atoms with Crippen molar-refractivity contribution in [3.8, 4) is 17.1 Å². The number of alkyl halides is 1. The molecule has 4 rings (SSSR count). The normalized spacial score (nSPS) is 18.0. The van der Waals surface area contributed by atoms with Gasteiger partial charge in [0.15, 0.2) is 12.1 Å². The van der Waals surface area contributed by atoms with Crippen molar-refractivity contribution in [3.63, 3.8) is 0 Å². The highest BCUT2D eigenvalue weighted by molar-refractivity contribution is 6.26. The number of ketones is 1. The second-order valence-corrected chi connectivity index (χ2v) is 10.9. The van der Waals surface area contributed by atoms with Crippen LogP contribution in [0.3, 0.4) is 0 Å². The lowest BCUT2D eigenvalue weighted by atomic mass is 9.90. The maximum atomic E-state index is 13.6. The first kappa shape index (κ1) is 29.6. The lowest BCUT2D eigenvalue weighted by Crippen LogP contribution is -2.40. The van der Waals surface area contributed by atoms with E-state index in [4.69, 9.17) is 16.6 Å². The van der Waals surface area contributed by atoms with Gasteiger partial charge in [-0.3, -0.25) is 18.7 Å². The molecule has 11 heteroatoms. The van der Waals surface area contributed by atoms with Crippen LogP contribution in [-0.4, -0.2) is 55.7 Å². The van der Waals surface area contributed by atoms with Crippen molar-refractivity contribution in [3.05, 3.63) is 59.0 Å². The number of carbonyl (C=O) groups is 2. The molecule has 1 fully saturated rings. The van der Waals surface area contributed by atoms with Crippen LogP contribution in [-0.2, 0) is 9.59 Å². The highest BCUT2D eigenvalue weighted by Gasteiger charge is 2.24. The second kappa shape index (κ2) is 13.8. The van der Waals surface area contributed by atoms with Crippen LogP contribution < -0.4 is 16.3 Å². The maximum Gasteiger partial charge on any atom is 0.333 e. The van der Waals surface area contributed by atoms with Gasteiger partial charge in [0.25, 0.3) is 0 Å². The molecule has 1 saturated carbocycles. The van der Waals surface area contributed by atoms with E-state index in [0.717, 1.165) is 25.7 Å². The van der Waals surface area contributed by atoms with Gasteiger partial charge in [-0.05, 0) is 82.7 Å². The van der Waals surface area contributed by atoms with Gasteiger partial charge in [0.2, 0.25) is 5.95 Å². The molecule has 1 aliphatic rings. The van der Waals surface area contributed by atoms with Crippen LogP contribution in [0.5, 0.6) is 0 Å². The molecule has 0 bridgehead atoms. The molecular weight excluding hydrogens is 535 g/mol. The van der Waals surface area contributed by atoms with E-state index in [1.54, 1.807) is 35.2 Å². The number of anilines is 1. The summed E-state index contributed by atoms with van der Waals surface area (Å²) in [5.74, 6) is -0.140. The number of aromatic nitrogens is 4. The van der Waals surface area contributed by atoms with Crippen molar-refractivity contribution in [1.82, 2.24) is 24.4 Å². The molecule has 3 aromatic rings. The minimum atomic E-state index is -0.376. The Morgan fingerprint density at radius 1 is 1.15 bits per heavy atom. The van der Waals surface area contributed by atoms with E-state index in [0.29, 0.717) is 54.6 Å². The quantitative estimate of drug-likeness (QED) is 0.176. The number of imidazole rings is 1. The fourth-order valence-electron chi connectivity index (χ4n) is 5.12. The molecule has 1 atom stereocenters. The predicted octanol–water partition coefficient (Wildman–Crippen LogP) is 4.53. The van der Waals surface area contributed by atoms with Crippen LogP contribution in [0.4, 0.5) is 10.3 Å². The molecule has 40 heavy (non-hydrogen) atoms. The van der Waals surface area contributed by atoms with Gasteiger partial charge in [-0.1, -0.05) is 0 Å². The zero-order chi connectivity index (χ0) is 28.6. The minimum absolute atomic E-state index is 0.0664. The summed E-state index contributed by atoms with van der Waals surface area (Å²) in [7, 11) is 0.